The molecular weight excluding hydrogens is 222 g/mol. The van der Waals surface area contributed by atoms with Crippen molar-refractivity contribution in [2.75, 3.05) is 18.4 Å². The van der Waals surface area contributed by atoms with E-state index in [1.165, 1.54) is 11.3 Å². The lowest BCUT2D eigenvalue weighted by atomic mass is 10.0. The summed E-state index contributed by atoms with van der Waals surface area (Å²) in [6.07, 6.45) is 1.70. The van der Waals surface area contributed by atoms with Crippen molar-refractivity contribution in [2.45, 2.75) is 6.92 Å². The molecule has 1 aliphatic heterocycles. The monoisotopic (exact) mass is 233 g/mol. The molecule has 14 heavy (non-hydrogen) atoms. The summed E-state index contributed by atoms with van der Waals surface area (Å²) in [6, 6.07) is 0. The topological polar surface area (TPSA) is 54.0 Å². The number of hydrogen-bond acceptors (Lipinski definition) is 4. The first-order valence-electron chi connectivity index (χ1n) is 4.20. The Balaban J connectivity index is 0.000000980. The first-order valence-corrected chi connectivity index (χ1v) is 5.01. The predicted molar refractivity (Wildman–Crippen MR) is 59.1 cm³/mol. The van der Waals surface area contributed by atoms with E-state index in [0.717, 1.165) is 23.1 Å². The molecule has 2 rings (SSSR count). The van der Waals surface area contributed by atoms with E-state index < -0.39 is 0 Å². The average molecular weight is 234 g/mol. The Morgan fingerprint density at radius 2 is 2.43 bits per heavy atom. The van der Waals surface area contributed by atoms with E-state index in [1.807, 2.05) is 6.92 Å². The maximum absolute atomic E-state index is 11.4. The summed E-state index contributed by atoms with van der Waals surface area (Å²) in [5.74, 6) is 0.241. The van der Waals surface area contributed by atoms with Crippen molar-refractivity contribution in [3.8, 4) is 0 Å². The first kappa shape index (κ1) is 11.4. The van der Waals surface area contributed by atoms with E-state index in [1.54, 1.807) is 6.20 Å². The van der Waals surface area contributed by atoms with Crippen LogP contribution >= 0.6 is 23.7 Å². The van der Waals surface area contributed by atoms with E-state index in [0.29, 0.717) is 0 Å². The molecule has 0 aliphatic carbocycles. The van der Waals surface area contributed by atoms with Crippen LogP contribution in [0.5, 0.6) is 0 Å². The number of hydrogen-bond donors (Lipinski definition) is 2. The summed E-state index contributed by atoms with van der Waals surface area (Å²) in [6.45, 7) is 3.51. The Morgan fingerprint density at radius 1 is 1.71 bits per heavy atom. The van der Waals surface area contributed by atoms with Crippen molar-refractivity contribution >= 4 is 34.7 Å². The summed E-state index contributed by atoms with van der Waals surface area (Å²) in [5.41, 5.74) is 0. The van der Waals surface area contributed by atoms with Gasteiger partial charge in [-0.1, -0.05) is 0 Å². The van der Waals surface area contributed by atoms with Crippen LogP contribution in [-0.2, 0) is 4.79 Å². The molecule has 0 bridgehead atoms. The van der Waals surface area contributed by atoms with Crippen LogP contribution in [0.1, 0.15) is 5.01 Å². The van der Waals surface area contributed by atoms with Crippen molar-refractivity contribution in [1.29, 1.82) is 0 Å². The van der Waals surface area contributed by atoms with E-state index in [2.05, 4.69) is 15.6 Å². The Hall–Kier alpha value is -0.650. The lowest BCUT2D eigenvalue weighted by molar-refractivity contribution is -0.121. The molecule has 0 unspecified atom stereocenters. The molecular formula is C8H12ClN3OS. The standard InChI is InChI=1S/C8H11N3OS.ClH/c1-5-10-4-7(13-5)11-8(12)6-2-9-3-6;/h4,6,9H,2-3H2,1H3,(H,11,12);1H. The van der Waals surface area contributed by atoms with Crippen LogP contribution in [0.4, 0.5) is 5.00 Å². The van der Waals surface area contributed by atoms with Crippen molar-refractivity contribution in [2.24, 2.45) is 5.92 Å². The van der Waals surface area contributed by atoms with Gasteiger partial charge in [0.1, 0.15) is 5.00 Å². The normalized spacial score (nSPS) is 15.5. The SMILES string of the molecule is Cc1ncc(NC(=O)C2CNC2)s1.Cl. The number of nitrogens with one attached hydrogen (secondary N) is 2. The number of halogens is 1. The Morgan fingerprint density at radius 3 is 2.86 bits per heavy atom. The van der Waals surface area contributed by atoms with Gasteiger partial charge in [-0.25, -0.2) is 4.98 Å². The van der Waals surface area contributed by atoms with Gasteiger partial charge in [0.25, 0.3) is 0 Å². The Bertz CT molecular complexity index is 324. The molecule has 4 nitrogen and oxygen atoms in total. The van der Waals surface area contributed by atoms with Gasteiger partial charge in [0.15, 0.2) is 0 Å². The van der Waals surface area contributed by atoms with Crippen LogP contribution < -0.4 is 10.6 Å². The second kappa shape index (κ2) is 4.72. The summed E-state index contributed by atoms with van der Waals surface area (Å²) < 4.78 is 0. The fraction of sp³-hybridized carbons (Fsp3) is 0.500. The molecule has 1 aliphatic rings. The van der Waals surface area contributed by atoms with Gasteiger partial charge in [-0.05, 0) is 6.92 Å². The molecule has 0 aromatic carbocycles. The second-order valence-corrected chi connectivity index (χ2v) is 4.32. The molecule has 2 heterocycles. The fourth-order valence-electron chi connectivity index (χ4n) is 1.12. The van der Waals surface area contributed by atoms with Gasteiger partial charge in [0.2, 0.25) is 5.91 Å². The molecule has 0 radical (unpaired) electrons. The van der Waals surface area contributed by atoms with E-state index in [-0.39, 0.29) is 24.2 Å². The number of amides is 1. The van der Waals surface area contributed by atoms with Crippen LogP contribution in [0.3, 0.4) is 0 Å². The van der Waals surface area contributed by atoms with Gasteiger partial charge in [0.05, 0.1) is 17.1 Å². The molecule has 0 spiro atoms. The van der Waals surface area contributed by atoms with Crippen LogP contribution in [0, 0.1) is 12.8 Å². The predicted octanol–water partition coefficient (Wildman–Crippen LogP) is 1.03. The molecule has 0 atom stereocenters. The number of thiazole rings is 1. The highest BCUT2D eigenvalue weighted by atomic mass is 35.5. The zero-order valence-corrected chi connectivity index (χ0v) is 9.37. The minimum absolute atomic E-state index is 0. The smallest absolute Gasteiger partial charge is 0.230 e. The highest BCUT2D eigenvalue weighted by Crippen LogP contribution is 2.18. The maximum Gasteiger partial charge on any atom is 0.230 e. The van der Waals surface area contributed by atoms with Crippen LogP contribution in [0.2, 0.25) is 0 Å². The molecule has 1 aromatic heterocycles. The highest BCUT2D eigenvalue weighted by molar-refractivity contribution is 7.15. The minimum atomic E-state index is 0. The molecule has 0 saturated carbocycles. The highest BCUT2D eigenvalue weighted by Gasteiger charge is 2.24. The fourth-order valence-corrected chi connectivity index (χ4v) is 1.80. The number of aromatic nitrogens is 1. The van der Waals surface area contributed by atoms with Gasteiger partial charge < -0.3 is 10.6 Å². The lowest BCUT2D eigenvalue weighted by Gasteiger charge is -2.25. The van der Waals surface area contributed by atoms with Crippen molar-refractivity contribution in [1.82, 2.24) is 10.3 Å². The molecule has 1 aromatic rings. The van der Waals surface area contributed by atoms with Gasteiger partial charge in [0, 0.05) is 13.1 Å². The van der Waals surface area contributed by atoms with Gasteiger partial charge >= 0.3 is 0 Å². The minimum Gasteiger partial charge on any atom is -0.316 e. The second-order valence-electron chi connectivity index (χ2n) is 3.09. The van der Waals surface area contributed by atoms with Crippen molar-refractivity contribution in [3.05, 3.63) is 11.2 Å². The third-order valence-electron chi connectivity index (χ3n) is 2.02. The molecule has 1 fully saturated rings. The van der Waals surface area contributed by atoms with Gasteiger partial charge in [-0.3, -0.25) is 4.79 Å². The van der Waals surface area contributed by atoms with Crippen LogP contribution in [-0.4, -0.2) is 24.0 Å². The zero-order valence-electron chi connectivity index (χ0n) is 7.74. The molecule has 2 N–H and O–H groups in total. The number of carbonyl (C=O) groups is 1. The lowest BCUT2D eigenvalue weighted by Crippen LogP contribution is -2.48. The van der Waals surface area contributed by atoms with Crippen LogP contribution in [0.15, 0.2) is 6.20 Å². The van der Waals surface area contributed by atoms with Gasteiger partial charge in [-0.2, -0.15) is 0 Å². The zero-order chi connectivity index (χ0) is 9.26. The maximum atomic E-state index is 11.4. The Labute approximate surface area is 92.5 Å². The number of rotatable bonds is 2. The van der Waals surface area contributed by atoms with E-state index >= 15 is 0 Å². The average Bonchev–Trinajstić information content (AvgIpc) is 2.31. The Kier molecular flexibility index (Phi) is 3.86. The number of anilines is 1. The summed E-state index contributed by atoms with van der Waals surface area (Å²) in [7, 11) is 0. The van der Waals surface area contributed by atoms with E-state index in [4.69, 9.17) is 0 Å². The number of aryl methyl sites for hydroxylation is 1. The summed E-state index contributed by atoms with van der Waals surface area (Å²) in [5, 5.41) is 7.72. The largest absolute Gasteiger partial charge is 0.316 e. The quantitative estimate of drug-likeness (QED) is 0.803. The third-order valence-corrected chi connectivity index (χ3v) is 2.85. The van der Waals surface area contributed by atoms with Crippen LogP contribution in [0.25, 0.3) is 0 Å². The molecule has 1 amide bonds. The van der Waals surface area contributed by atoms with Crippen molar-refractivity contribution < 1.29 is 4.79 Å². The first-order chi connectivity index (χ1) is 6.25. The number of nitrogens with zero attached hydrogens (tertiary/aromatic N) is 1. The molecule has 78 valence electrons. The molecule has 1 saturated heterocycles. The molecule has 6 heteroatoms. The van der Waals surface area contributed by atoms with E-state index in [9.17, 15) is 4.79 Å². The van der Waals surface area contributed by atoms with Gasteiger partial charge in [-0.15, -0.1) is 23.7 Å². The summed E-state index contributed by atoms with van der Waals surface area (Å²) in [4.78, 5) is 15.5. The van der Waals surface area contributed by atoms with Crippen molar-refractivity contribution in [3.63, 3.8) is 0 Å². The third kappa shape index (κ3) is 2.43. The summed E-state index contributed by atoms with van der Waals surface area (Å²) >= 11 is 1.50. The number of carbonyl (C=O) groups excluding carboxylic acids is 1.